The monoisotopic (exact) mass is 585 g/mol. The van der Waals surface area contributed by atoms with Crippen LogP contribution in [0.1, 0.15) is 46.0 Å². The van der Waals surface area contributed by atoms with Gasteiger partial charge in [0.15, 0.2) is 0 Å². The molecule has 3 aromatic rings. The Morgan fingerprint density at radius 1 is 1.00 bits per heavy atom. The van der Waals surface area contributed by atoms with E-state index in [4.69, 9.17) is 9.72 Å². The maximum Gasteiger partial charge on any atom is 0.416 e. The molecule has 5 rings (SSSR count). The van der Waals surface area contributed by atoms with Crippen LogP contribution in [-0.2, 0) is 24.2 Å². The molecule has 0 saturated carbocycles. The first-order chi connectivity index (χ1) is 20.0. The number of fused-ring (bicyclic) bond motifs is 1. The second-order valence-electron chi connectivity index (χ2n) is 10.5. The number of aryl methyl sites for hydroxylation is 1. The highest BCUT2D eigenvalue weighted by molar-refractivity contribution is 6.02. The van der Waals surface area contributed by atoms with E-state index in [1.54, 1.807) is 4.90 Å². The summed E-state index contributed by atoms with van der Waals surface area (Å²) >= 11 is 0. The molecule has 2 aliphatic heterocycles. The average Bonchev–Trinajstić information content (AvgIpc) is 2.96. The molecule has 8 nitrogen and oxygen atoms in total. The van der Waals surface area contributed by atoms with Crippen molar-refractivity contribution >= 4 is 17.8 Å². The van der Waals surface area contributed by atoms with Crippen LogP contribution < -0.4 is 9.64 Å². The molecule has 0 atom stereocenters. The number of benzene rings is 2. The zero-order valence-electron chi connectivity index (χ0n) is 23.4. The molecular formula is C30H31F4N5O3. The third kappa shape index (κ3) is 6.17. The number of alkyl halides is 4. The first-order valence-electron chi connectivity index (χ1n) is 13.7. The SMILES string of the molecule is CC(=O)N1CCN(c2nc3c(c(-c4ccccc4C)n2)C(=O)N(Cc2cc(CF)cc(C(F)(F)F)c2)CCCO3)CC1. The molecule has 1 fully saturated rings. The minimum atomic E-state index is -4.65. The number of hydrogen-bond donors (Lipinski definition) is 0. The topological polar surface area (TPSA) is 78.9 Å². The number of rotatable bonds is 5. The van der Waals surface area contributed by atoms with Crippen LogP contribution in [-0.4, -0.2) is 70.9 Å². The van der Waals surface area contributed by atoms with Gasteiger partial charge in [-0.25, -0.2) is 9.37 Å². The van der Waals surface area contributed by atoms with Crippen LogP contribution in [0.3, 0.4) is 0 Å². The van der Waals surface area contributed by atoms with E-state index in [-0.39, 0.29) is 48.2 Å². The lowest BCUT2D eigenvalue weighted by atomic mass is 10.00. The Hall–Kier alpha value is -4.22. The first kappa shape index (κ1) is 29.3. The molecule has 12 heteroatoms. The third-order valence-electron chi connectivity index (χ3n) is 7.49. The predicted molar refractivity (Wildman–Crippen MR) is 148 cm³/mol. The van der Waals surface area contributed by atoms with Gasteiger partial charge in [-0.1, -0.05) is 30.3 Å². The highest BCUT2D eigenvalue weighted by Crippen LogP contribution is 2.36. The average molecular weight is 586 g/mol. The van der Waals surface area contributed by atoms with Crippen molar-refractivity contribution in [2.45, 2.75) is 39.7 Å². The van der Waals surface area contributed by atoms with Crippen LogP contribution in [0.2, 0.25) is 0 Å². The number of halogens is 4. The van der Waals surface area contributed by atoms with Gasteiger partial charge in [-0.3, -0.25) is 9.59 Å². The van der Waals surface area contributed by atoms with E-state index < -0.39 is 24.3 Å². The summed E-state index contributed by atoms with van der Waals surface area (Å²) < 4.78 is 60.1. The molecule has 0 bridgehead atoms. The van der Waals surface area contributed by atoms with E-state index >= 15 is 0 Å². The van der Waals surface area contributed by atoms with Crippen molar-refractivity contribution in [3.8, 4) is 17.1 Å². The minimum Gasteiger partial charge on any atom is -0.477 e. The summed E-state index contributed by atoms with van der Waals surface area (Å²) in [6, 6.07) is 10.5. The lowest BCUT2D eigenvalue weighted by molar-refractivity contribution is -0.137. The van der Waals surface area contributed by atoms with E-state index in [0.717, 1.165) is 17.7 Å². The fraction of sp³-hybridized carbons (Fsp3) is 0.400. The summed E-state index contributed by atoms with van der Waals surface area (Å²) in [5.41, 5.74) is 1.12. The molecule has 0 aliphatic carbocycles. The zero-order valence-corrected chi connectivity index (χ0v) is 23.4. The number of hydrogen-bond acceptors (Lipinski definition) is 6. The van der Waals surface area contributed by atoms with Crippen LogP contribution in [0.5, 0.6) is 5.88 Å². The first-order valence-corrected chi connectivity index (χ1v) is 13.7. The van der Waals surface area contributed by atoms with Crippen molar-refractivity contribution in [3.05, 3.63) is 70.3 Å². The van der Waals surface area contributed by atoms with Gasteiger partial charge in [0, 0.05) is 51.8 Å². The summed E-state index contributed by atoms with van der Waals surface area (Å²) in [4.78, 5) is 40.6. The maximum atomic E-state index is 14.2. The van der Waals surface area contributed by atoms with E-state index in [1.807, 2.05) is 36.1 Å². The maximum absolute atomic E-state index is 14.2. The highest BCUT2D eigenvalue weighted by atomic mass is 19.4. The van der Waals surface area contributed by atoms with E-state index in [2.05, 4.69) is 4.98 Å². The van der Waals surface area contributed by atoms with E-state index in [0.29, 0.717) is 49.8 Å². The van der Waals surface area contributed by atoms with Crippen molar-refractivity contribution < 1.29 is 31.9 Å². The van der Waals surface area contributed by atoms with Crippen LogP contribution >= 0.6 is 0 Å². The van der Waals surface area contributed by atoms with Gasteiger partial charge in [0.25, 0.3) is 5.91 Å². The van der Waals surface area contributed by atoms with Gasteiger partial charge in [-0.15, -0.1) is 0 Å². The minimum absolute atomic E-state index is 0.0113. The molecule has 42 heavy (non-hydrogen) atoms. The number of carbonyl (C=O) groups excluding carboxylic acids is 2. The lowest BCUT2D eigenvalue weighted by Gasteiger charge is -2.35. The molecule has 0 unspecified atom stereocenters. The number of amides is 2. The summed E-state index contributed by atoms with van der Waals surface area (Å²) in [5, 5.41) is 0. The van der Waals surface area contributed by atoms with Crippen LogP contribution in [0, 0.1) is 6.92 Å². The second kappa shape index (κ2) is 11.9. The summed E-state index contributed by atoms with van der Waals surface area (Å²) in [5.74, 6) is -0.0473. The molecule has 0 radical (unpaired) electrons. The Balaban J connectivity index is 1.57. The molecule has 0 spiro atoms. The molecule has 1 aromatic heterocycles. The van der Waals surface area contributed by atoms with Crippen molar-refractivity contribution in [2.24, 2.45) is 0 Å². The van der Waals surface area contributed by atoms with E-state index in [1.165, 1.54) is 17.9 Å². The predicted octanol–water partition coefficient (Wildman–Crippen LogP) is 5.03. The Bertz CT molecular complexity index is 1490. The zero-order chi connectivity index (χ0) is 30.0. The third-order valence-corrected chi connectivity index (χ3v) is 7.49. The lowest BCUT2D eigenvalue weighted by Crippen LogP contribution is -2.48. The standard InChI is InChI=1S/C30H31F4N5O3/c1-19-6-3-4-7-24(19)26-25-27(36-29(35-26)38-11-9-37(10-12-38)20(2)40)42-13-5-8-39(28(25)41)18-22-14-21(17-31)15-23(16-22)30(32,33)34/h3-4,6-7,14-16H,5,8-13,17-18H2,1-2H3. The van der Waals surface area contributed by atoms with Gasteiger partial charge < -0.3 is 19.4 Å². The van der Waals surface area contributed by atoms with Gasteiger partial charge in [0.1, 0.15) is 12.2 Å². The Morgan fingerprint density at radius 3 is 2.38 bits per heavy atom. The molecule has 2 aromatic carbocycles. The Kier molecular flexibility index (Phi) is 8.33. The number of nitrogens with zero attached hydrogens (tertiary/aromatic N) is 5. The van der Waals surface area contributed by atoms with Crippen molar-refractivity contribution in [1.29, 1.82) is 0 Å². The quantitative estimate of drug-likeness (QED) is 0.391. The number of piperazine rings is 1. The molecule has 2 amide bonds. The number of aromatic nitrogens is 2. The molecule has 2 aliphatic rings. The Labute approximate surface area is 240 Å². The molecule has 0 N–H and O–H groups in total. The molecule has 222 valence electrons. The highest BCUT2D eigenvalue weighted by Gasteiger charge is 2.34. The van der Waals surface area contributed by atoms with Crippen LogP contribution in [0.25, 0.3) is 11.3 Å². The Morgan fingerprint density at radius 2 is 1.71 bits per heavy atom. The second-order valence-corrected chi connectivity index (χ2v) is 10.5. The summed E-state index contributed by atoms with van der Waals surface area (Å²) in [7, 11) is 0. The largest absolute Gasteiger partial charge is 0.477 e. The van der Waals surface area contributed by atoms with E-state index in [9.17, 15) is 27.2 Å². The smallest absolute Gasteiger partial charge is 0.416 e. The number of carbonyl (C=O) groups is 2. The molecule has 3 heterocycles. The van der Waals surface area contributed by atoms with Gasteiger partial charge >= 0.3 is 6.18 Å². The number of anilines is 1. The molecular weight excluding hydrogens is 554 g/mol. The fourth-order valence-corrected chi connectivity index (χ4v) is 5.27. The van der Waals surface area contributed by atoms with Crippen LogP contribution in [0.15, 0.2) is 42.5 Å². The fourth-order valence-electron chi connectivity index (χ4n) is 5.27. The summed E-state index contributed by atoms with van der Waals surface area (Å²) in [6.45, 7) is 4.63. The number of ether oxygens (including phenoxy) is 1. The van der Waals surface area contributed by atoms with Crippen LogP contribution in [0.4, 0.5) is 23.5 Å². The summed E-state index contributed by atoms with van der Waals surface area (Å²) in [6.07, 6.45) is -4.24. The van der Waals surface area contributed by atoms with Gasteiger partial charge in [-0.2, -0.15) is 18.2 Å². The van der Waals surface area contributed by atoms with Crippen molar-refractivity contribution in [2.75, 3.05) is 44.2 Å². The van der Waals surface area contributed by atoms with Crippen molar-refractivity contribution in [1.82, 2.24) is 19.8 Å². The van der Waals surface area contributed by atoms with Gasteiger partial charge in [0.05, 0.1) is 17.9 Å². The van der Waals surface area contributed by atoms with Gasteiger partial charge in [-0.05, 0) is 42.2 Å². The van der Waals surface area contributed by atoms with Crippen molar-refractivity contribution in [3.63, 3.8) is 0 Å². The van der Waals surface area contributed by atoms with Gasteiger partial charge in [0.2, 0.25) is 17.7 Å². The normalized spacial score (nSPS) is 16.0. The molecule has 1 saturated heterocycles.